The average molecular weight is 469 g/mol. The number of rotatable bonds is 8. The summed E-state index contributed by atoms with van der Waals surface area (Å²) >= 11 is 0. The molecule has 0 bridgehead atoms. The van der Waals surface area contributed by atoms with Crippen LogP contribution in [0.1, 0.15) is 50.2 Å². The fraction of sp³-hybridized carbons (Fsp3) is 0.750. The van der Waals surface area contributed by atoms with Gasteiger partial charge in [-0.15, -0.1) is 0 Å². The first-order valence-corrected chi connectivity index (χ1v) is 11.9. The summed E-state index contributed by atoms with van der Waals surface area (Å²) in [6.45, 7) is 0.0697. The molecule has 3 fully saturated rings. The first kappa shape index (κ1) is 24.8. The largest absolute Gasteiger partial charge is 0.493 e. The van der Waals surface area contributed by atoms with Crippen LogP contribution < -0.4 is 4.74 Å². The highest BCUT2D eigenvalue weighted by molar-refractivity contribution is 5.31. The van der Waals surface area contributed by atoms with Gasteiger partial charge < -0.3 is 44.5 Å². The highest BCUT2D eigenvalue weighted by Crippen LogP contribution is 2.36. The van der Waals surface area contributed by atoms with Gasteiger partial charge in [-0.25, -0.2) is 0 Å². The zero-order valence-electron chi connectivity index (χ0n) is 18.7. The average Bonchev–Trinajstić information content (AvgIpc) is 3.35. The second kappa shape index (κ2) is 11.4. The monoisotopic (exact) mass is 468 g/mol. The quantitative estimate of drug-likeness (QED) is 0.372. The lowest BCUT2D eigenvalue weighted by Crippen LogP contribution is -2.54. The molecule has 2 aliphatic heterocycles. The molecule has 3 aliphatic rings. The summed E-state index contributed by atoms with van der Waals surface area (Å²) < 4.78 is 23.4. The van der Waals surface area contributed by atoms with Crippen molar-refractivity contribution in [1.29, 1.82) is 0 Å². The van der Waals surface area contributed by atoms with E-state index in [1.165, 1.54) is 25.7 Å². The van der Waals surface area contributed by atoms with E-state index in [4.69, 9.17) is 18.9 Å². The van der Waals surface area contributed by atoms with Gasteiger partial charge in [-0.2, -0.15) is 0 Å². The van der Waals surface area contributed by atoms with Crippen LogP contribution in [0.3, 0.4) is 0 Å². The molecule has 0 aromatic heterocycles. The van der Waals surface area contributed by atoms with Crippen LogP contribution in [0.25, 0.3) is 0 Å². The first-order valence-electron chi connectivity index (χ1n) is 11.9. The van der Waals surface area contributed by atoms with E-state index in [1.54, 1.807) is 0 Å². The van der Waals surface area contributed by atoms with E-state index < -0.39 is 49.0 Å². The molecular weight excluding hydrogens is 432 g/mol. The van der Waals surface area contributed by atoms with Crippen LogP contribution in [-0.2, 0) is 14.2 Å². The number of ether oxygens (including phenoxy) is 4. The Morgan fingerprint density at radius 1 is 0.909 bits per heavy atom. The third-order valence-electron chi connectivity index (χ3n) is 6.89. The maximum atomic E-state index is 11.1. The molecule has 2 saturated heterocycles. The molecular formula is C24H36O9. The first-order chi connectivity index (χ1) is 16.0. The predicted octanol–water partition coefficient (Wildman–Crippen LogP) is 0.653. The number of aliphatic hydroxyl groups excluding tert-OH is 5. The van der Waals surface area contributed by atoms with E-state index in [0.29, 0.717) is 23.8 Å². The zero-order valence-corrected chi connectivity index (χ0v) is 18.7. The van der Waals surface area contributed by atoms with Crippen molar-refractivity contribution in [1.82, 2.24) is 0 Å². The molecule has 4 rings (SSSR count). The molecule has 0 radical (unpaired) electrons. The van der Waals surface area contributed by atoms with Crippen molar-refractivity contribution in [3.63, 3.8) is 0 Å². The van der Waals surface area contributed by atoms with E-state index in [2.05, 4.69) is 0 Å². The SMILES string of the molecule is OCC1CC(O)C(O)C(OC2CC(CO)OC(c3cccc(OCC4CCCC4)c3)C2O)O1. The number of hydrogen-bond acceptors (Lipinski definition) is 9. The molecule has 8 unspecified atom stereocenters. The minimum Gasteiger partial charge on any atom is -0.493 e. The van der Waals surface area contributed by atoms with Crippen LogP contribution >= 0.6 is 0 Å². The molecule has 186 valence electrons. The van der Waals surface area contributed by atoms with E-state index >= 15 is 0 Å². The smallest absolute Gasteiger partial charge is 0.186 e. The number of aliphatic hydroxyl groups is 5. The molecule has 1 aromatic carbocycles. The lowest BCUT2D eigenvalue weighted by Gasteiger charge is -2.43. The van der Waals surface area contributed by atoms with Gasteiger partial charge in [-0.3, -0.25) is 0 Å². The van der Waals surface area contributed by atoms with Crippen LogP contribution in [0.15, 0.2) is 24.3 Å². The molecule has 1 saturated carbocycles. The molecule has 0 amide bonds. The Bertz CT molecular complexity index is 740. The lowest BCUT2D eigenvalue weighted by molar-refractivity contribution is -0.309. The van der Waals surface area contributed by atoms with Crippen molar-refractivity contribution in [2.75, 3.05) is 19.8 Å². The summed E-state index contributed by atoms with van der Waals surface area (Å²) in [5, 5.41) is 50.6. The minimum absolute atomic E-state index is 0.0867. The van der Waals surface area contributed by atoms with E-state index in [-0.39, 0.29) is 26.1 Å². The topological polar surface area (TPSA) is 138 Å². The Morgan fingerprint density at radius 2 is 1.64 bits per heavy atom. The molecule has 8 atom stereocenters. The normalized spacial score (nSPS) is 37.8. The maximum Gasteiger partial charge on any atom is 0.186 e. The lowest BCUT2D eigenvalue weighted by atomic mass is 9.92. The molecule has 1 aliphatic carbocycles. The third-order valence-corrected chi connectivity index (χ3v) is 6.89. The van der Waals surface area contributed by atoms with Gasteiger partial charge in [0.2, 0.25) is 0 Å². The molecule has 33 heavy (non-hydrogen) atoms. The van der Waals surface area contributed by atoms with Gasteiger partial charge in [0.15, 0.2) is 6.29 Å². The van der Waals surface area contributed by atoms with Gasteiger partial charge in [0.1, 0.15) is 24.1 Å². The van der Waals surface area contributed by atoms with Gasteiger partial charge in [0.25, 0.3) is 0 Å². The Kier molecular flexibility index (Phi) is 8.59. The highest BCUT2D eigenvalue weighted by atomic mass is 16.7. The Balaban J connectivity index is 1.45. The second-order valence-electron chi connectivity index (χ2n) is 9.40. The Labute approximate surface area is 193 Å². The van der Waals surface area contributed by atoms with Crippen LogP contribution in [0.4, 0.5) is 0 Å². The summed E-state index contributed by atoms with van der Waals surface area (Å²) in [6.07, 6.45) is -2.52. The molecule has 1 aromatic rings. The molecule has 2 heterocycles. The highest BCUT2D eigenvalue weighted by Gasteiger charge is 2.44. The minimum atomic E-state index is -1.32. The Morgan fingerprint density at radius 3 is 2.36 bits per heavy atom. The van der Waals surface area contributed by atoms with Gasteiger partial charge in [-0.1, -0.05) is 25.0 Å². The van der Waals surface area contributed by atoms with Crippen LogP contribution in [0.5, 0.6) is 5.75 Å². The van der Waals surface area contributed by atoms with Crippen molar-refractivity contribution in [2.24, 2.45) is 5.92 Å². The van der Waals surface area contributed by atoms with Crippen LogP contribution in [0, 0.1) is 5.92 Å². The summed E-state index contributed by atoms with van der Waals surface area (Å²) in [4.78, 5) is 0. The van der Waals surface area contributed by atoms with Gasteiger partial charge in [0.05, 0.1) is 44.2 Å². The van der Waals surface area contributed by atoms with Crippen molar-refractivity contribution in [3.8, 4) is 5.75 Å². The van der Waals surface area contributed by atoms with Crippen molar-refractivity contribution in [2.45, 2.75) is 87.5 Å². The maximum absolute atomic E-state index is 11.1. The molecule has 5 N–H and O–H groups in total. The standard InChI is InChI=1S/C24H36O9/c25-11-17-9-19(27)21(28)24(32-17)33-20-10-18(12-26)31-23(22(20)29)15-6-3-7-16(8-15)30-13-14-4-1-2-5-14/h3,6-8,14,17-29H,1-2,4-5,9-13H2. The second-order valence-corrected chi connectivity index (χ2v) is 9.40. The Hall–Kier alpha value is -1.30. The summed E-state index contributed by atoms with van der Waals surface area (Å²) in [7, 11) is 0. The molecule has 9 nitrogen and oxygen atoms in total. The van der Waals surface area contributed by atoms with E-state index in [1.807, 2.05) is 24.3 Å². The van der Waals surface area contributed by atoms with Gasteiger partial charge in [-0.05, 0) is 36.5 Å². The fourth-order valence-electron chi connectivity index (χ4n) is 4.96. The summed E-state index contributed by atoms with van der Waals surface area (Å²) in [6, 6.07) is 7.36. The van der Waals surface area contributed by atoms with Gasteiger partial charge in [0, 0.05) is 12.8 Å². The number of benzene rings is 1. The van der Waals surface area contributed by atoms with Crippen LogP contribution in [0.2, 0.25) is 0 Å². The molecule has 9 heteroatoms. The predicted molar refractivity (Wildman–Crippen MR) is 116 cm³/mol. The van der Waals surface area contributed by atoms with Crippen molar-refractivity contribution >= 4 is 0 Å². The van der Waals surface area contributed by atoms with Gasteiger partial charge >= 0.3 is 0 Å². The summed E-state index contributed by atoms with van der Waals surface area (Å²) in [5.74, 6) is 1.26. The third kappa shape index (κ3) is 6.04. The summed E-state index contributed by atoms with van der Waals surface area (Å²) in [5.41, 5.74) is 0.691. The van der Waals surface area contributed by atoms with Crippen molar-refractivity contribution in [3.05, 3.63) is 29.8 Å². The van der Waals surface area contributed by atoms with E-state index in [9.17, 15) is 25.5 Å². The number of hydrogen-bond donors (Lipinski definition) is 5. The van der Waals surface area contributed by atoms with E-state index in [0.717, 1.165) is 0 Å². The van der Waals surface area contributed by atoms with Crippen molar-refractivity contribution < 1.29 is 44.5 Å². The van der Waals surface area contributed by atoms with Crippen LogP contribution in [-0.4, -0.2) is 88.3 Å². The zero-order chi connectivity index (χ0) is 23.4. The fourth-order valence-corrected chi connectivity index (χ4v) is 4.96. The molecule has 0 spiro atoms.